The van der Waals surface area contributed by atoms with Crippen LogP contribution in [0.1, 0.15) is 24.2 Å². The number of rotatable bonds is 3. The molecule has 0 spiro atoms. The number of aliphatic hydroxyl groups excluding tert-OH is 1. The van der Waals surface area contributed by atoms with Crippen LogP contribution < -0.4 is 11.1 Å². The van der Waals surface area contributed by atoms with Crippen molar-refractivity contribution in [1.29, 1.82) is 0 Å². The highest BCUT2D eigenvalue weighted by Gasteiger charge is 2.21. The summed E-state index contributed by atoms with van der Waals surface area (Å²) in [4.78, 5) is 11.8. The largest absolute Gasteiger partial charge is 0.398 e. The monoisotopic (exact) mass is 242 g/mol. The van der Waals surface area contributed by atoms with Crippen LogP contribution in [0, 0.1) is 0 Å². The van der Waals surface area contributed by atoms with E-state index < -0.39 is 5.54 Å². The van der Waals surface area contributed by atoms with Gasteiger partial charge in [-0.2, -0.15) is 0 Å². The topological polar surface area (TPSA) is 75.3 Å². The summed E-state index contributed by atoms with van der Waals surface area (Å²) < 4.78 is 0. The first-order valence-electron chi connectivity index (χ1n) is 4.84. The first-order valence-corrected chi connectivity index (χ1v) is 5.22. The van der Waals surface area contributed by atoms with Gasteiger partial charge in [0.15, 0.2) is 0 Å². The minimum Gasteiger partial charge on any atom is -0.398 e. The van der Waals surface area contributed by atoms with E-state index in [9.17, 15) is 4.79 Å². The SMILES string of the molecule is CC(C)(CO)NC(=O)c1ccc(Cl)cc1N. The second kappa shape index (κ2) is 4.72. The van der Waals surface area contributed by atoms with Gasteiger partial charge >= 0.3 is 0 Å². The van der Waals surface area contributed by atoms with Crippen molar-refractivity contribution in [2.75, 3.05) is 12.3 Å². The summed E-state index contributed by atoms with van der Waals surface area (Å²) in [6, 6.07) is 4.67. The molecule has 0 fully saturated rings. The maximum Gasteiger partial charge on any atom is 0.253 e. The number of amides is 1. The lowest BCUT2D eigenvalue weighted by Crippen LogP contribution is -2.46. The van der Waals surface area contributed by atoms with Crippen LogP contribution in [0.5, 0.6) is 0 Å². The Morgan fingerprint density at radius 3 is 2.69 bits per heavy atom. The van der Waals surface area contributed by atoms with E-state index in [0.29, 0.717) is 16.3 Å². The molecule has 0 saturated heterocycles. The average molecular weight is 243 g/mol. The van der Waals surface area contributed by atoms with E-state index in [-0.39, 0.29) is 12.5 Å². The average Bonchev–Trinajstić information content (AvgIpc) is 2.16. The van der Waals surface area contributed by atoms with E-state index in [1.807, 2.05) is 0 Å². The Morgan fingerprint density at radius 1 is 1.56 bits per heavy atom. The molecule has 0 aliphatic carbocycles. The summed E-state index contributed by atoms with van der Waals surface area (Å²) in [6.45, 7) is 3.29. The molecular weight excluding hydrogens is 228 g/mol. The maximum atomic E-state index is 11.8. The molecule has 1 aromatic carbocycles. The summed E-state index contributed by atoms with van der Waals surface area (Å²) in [7, 11) is 0. The fourth-order valence-electron chi connectivity index (χ4n) is 1.15. The van der Waals surface area contributed by atoms with E-state index in [0.717, 1.165) is 0 Å². The number of benzene rings is 1. The van der Waals surface area contributed by atoms with E-state index in [4.69, 9.17) is 22.4 Å². The predicted octanol–water partition coefficient (Wildman–Crippen LogP) is 1.42. The molecule has 0 radical (unpaired) electrons. The molecule has 1 amide bonds. The number of carbonyl (C=O) groups excluding carboxylic acids is 1. The molecule has 0 atom stereocenters. The van der Waals surface area contributed by atoms with E-state index >= 15 is 0 Å². The Labute approximate surface area is 99.4 Å². The van der Waals surface area contributed by atoms with E-state index in [1.54, 1.807) is 26.0 Å². The lowest BCUT2D eigenvalue weighted by Gasteiger charge is -2.23. The Morgan fingerprint density at radius 2 is 2.19 bits per heavy atom. The van der Waals surface area contributed by atoms with Crippen molar-refractivity contribution in [3.8, 4) is 0 Å². The van der Waals surface area contributed by atoms with Crippen molar-refractivity contribution in [3.63, 3.8) is 0 Å². The predicted molar refractivity (Wildman–Crippen MR) is 64.5 cm³/mol. The van der Waals surface area contributed by atoms with Gasteiger partial charge in [0, 0.05) is 10.7 Å². The molecule has 1 rings (SSSR count). The molecule has 4 N–H and O–H groups in total. The number of nitrogens with one attached hydrogen (secondary N) is 1. The molecule has 0 heterocycles. The van der Waals surface area contributed by atoms with Crippen LogP contribution in [0.2, 0.25) is 5.02 Å². The number of aliphatic hydroxyl groups is 1. The number of hydrogen-bond donors (Lipinski definition) is 3. The van der Waals surface area contributed by atoms with Crippen LogP contribution >= 0.6 is 11.6 Å². The fraction of sp³-hybridized carbons (Fsp3) is 0.364. The standard InChI is InChI=1S/C11H15ClN2O2/c1-11(2,6-15)14-10(16)8-4-3-7(12)5-9(8)13/h3-5,15H,6,13H2,1-2H3,(H,14,16). The van der Waals surface area contributed by atoms with Gasteiger partial charge in [0.1, 0.15) is 0 Å². The van der Waals surface area contributed by atoms with Crippen molar-refractivity contribution >= 4 is 23.2 Å². The van der Waals surface area contributed by atoms with Crippen molar-refractivity contribution in [2.24, 2.45) is 0 Å². The second-order valence-corrected chi connectivity index (χ2v) is 4.66. The van der Waals surface area contributed by atoms with Crippen molar-refractivity contribution < 1.29 is 9.90 Å². The van der Waals surface area contributed by atoms with Crippen LogP contribution in [0.3, 0.4) is 0 Å². The smallest absolute Gasteiger partial charge is 0.253 e. The molecule has 0 aliphatic rings. The van der Waals surface area contributed by atoms with Crippen molar-refractivity contribution in [3.05, 3.63) is 28.8 Å². The van der Waals surface area contributed by atoms with Gasteiger partial charge in [-0.05, 0) is 32.0 Å². The van der Waals surface area contributed by atoms with Gasteiger partial charge in [-0.3, -0.25) is 4.79 Å². The number of carbonyl (C=O) groups is 1. The van der Waals surface area contributed by atoms with Gasteiger partial charge in [-0.1, -0.05) is 11.6 Å². The van der Waals surface area contributed by atoms with Gasteiger partial charge in [0.05, 0.1) is 17.7 Å². The fourth-order valence-corrected chi connectivity index (χ4v) is 1.34. The summed E-state index contributed by atoms with van der Waals surface area (Å²) in [5.41, 5.74) is 5.67. The van der Waals surface area contributed by atoms with Crippen LogP contribution in [-0.4, -0.2) is 23.2 Å². The molecule has 1 aromatic rings. The number of hydrogen-bond acceptors (Lipinski definition) is 3. The highest BCUT2D eigenvalue weighted by Crippen LogP contribution is 2.18. The van der Waals surface area contributed by atoms with Crippen molar-refractivity contribution in [1.82, 2.24) is 5.32 Å². The zero-order valence-electron chi connectivity index (χ0n) is 9.25. The Hall–Kier alpha value is -1.26. The normalized spacial score (nSPS) is 11.2. The Kier molecular flexibility index (Phi) is 3.78. The maximum absolute atomic E-state index is 11.8. The molecular formula is C11H15ClN2O2. The van der Waals surface area contributed by atoms with Gasteiger partial charge in [-0.15, -0.1) is 0 Å². The Bertz CT molecular complexity index is 405. The third-order valence-corrected chi connectivity index (χ3v) is 2.34. The molecule has 4 nitrogen and oxygen atoms in total. The number of nitrogens with two attached hydrogens (primary N) is 1. The van der Waals surface area contributed by atoms with Crippen molar-refractivity contribution in [2.45, 2.75) is 19.4 Å². The molecule has 0 unspecified atom stereocenters. The zero-order valence-corrected chi connectivity index (χ0v) is 10.0. The van der Waals surface area contributed by atoms with Crippen LogP contribution in [0.4, 0.5) is 5.69 Å². The van der Waals surface area contributed by atoms with E-state index in [2.05, 4.69) is 5.32 Å². The minimum atomic E-state index is -0.677. The summed E-state index contributed by atoms with van der Waals surface area (Å²) in [5.74, 6) is -0.326. The molecule has 0 bridgehead atoms. The zero-order chi connectivity index (χ0) is 12.3. The van der Waals surface area contributed by atoms with Gasteiger partial charge in [0.2, 0.25) is 0 Å². The Balaban J connectivity index is 2.89. The van der Waals surface area contributed by atoms with Gasteiger partial charge < -0.3 is 16.2 Å². The number of nitrogen functional groups attached to an aromatic ring is 1. The highest BCUT2D eigenvalue weighted by molar-refractivity contribution is 6.31. The first-order chi connectivity index (χ1) is 7.35. The highest BCUT2D eigenvalue weighted by atomic mass is 35.5. The first kappa shape index (κ1) is 12.8. The third kappa shape index (κ3) is 3.12. The molecule has 0 aromatic heterocycles. The lowest BCUT2D eigenvalue weighted by atomic mass is 10.1. The second-order valence-electron chi connectivity index (χ2n) is 4.23. The third-order valence-electron chi connectivity index (χ3n) is 2.11. The molecule has 88 valence electrons. The van der Waals surface area contributed by atoms with Crippen LogP contribution in [0.25, 0.3) is 0 Å². The molecule has 5 heteroatoms. The summed E-state index contributed by atoms with van der Waals surface area (Å²) >= 11 is 5.73. The van der Waals surface area contributed by atoms with Crippen LogP contribution in [-0.2, 0) is 0 Å². The van der Waals surface area contributed by atoms with Gasteiger partial charge in [0.25, 0.3) is 5.91 Å². The number of halogens is 1. The van der Waals surface area contributed by atoms with E-state index in [1.165, 1.54) is 6.07 Å². The molecule has 0 saturated carbocycles. The lowest BCUT2D eigenvalue weighted by molar-refractivity contribution is 0.0870. The van der Waals surface area contributed by atoms with Crippen LogP contribution in [0.15, 0.2) is 18.2 Å². The van der Waals surface area contributed by atoms with Gasteiger partial charge in [-0.25, -0.2) is 0 Å². The number of anilines is 1. The quantitative estimate of drug-likeness (QED) is 0.702. The molecule has 0 aliphatic heterocycles. The summed E-state index contributed by atoms with van der Waals surface area (Å²) in [5, 5.41) is 12.2. The summed E-state index contributed by atoms with van der Waals surface area (Å²) in [6.07, 6.45) is 0. The molecule has 16 heavy (non-hydrogen) atoms. The minimum absolute atomic E-state index is 0.147.